The largest absolute Gasteiger partial charge is 0.423 e. The van der Waals surface area contributed by atoms with E-state index in [1.54, 1.807) is 72.8 Å². The third-order valence-corrected chi connectivity index (χ3v) is 5.92. The first-order valence-electron chi connectivity index (χ1n) is 9.65. The molecule has 0 radical (unpaired) electrons. The Hall–Kier alpha value is -3.50. The van der Waals surface area contributed by atoms with Crippen molar-refractivity contribution in [2.24, 2.45) is 5.10 Å². The Morgan fingerprint density at radius 3 is 2.36 bits per heavy atom. The highest BCUT2D eigenvalue weighted by molar-refractivity contribution is 9.10. The number of sulfonamides is 1. The molecule has 0 fully saturated rings. The van der Waals surface area contributed by atoms with Gasteiger partial charge in [0.25, 0.3) is 5.91 Å². The molecule has 0 bridgehead atoms. The van der Waals surface area contributed by atoms with Gasteiger partial charge in [0, 0.05) is 4.47 Å². The van der Waals surface area contributed by atoms with Gasteiger partial charge in [-0.2, -0.15) is 5.10 Å². The summed E-state index contributed by atoms with van der Waals surface area (Å²) in [7, 11) is -3.68. The van der Waals surface area contributed by atoms with Crippen molar-refractivity contribution in [3.8, 4) is 5.75 Å². The maximum Gasteiger partial charge on any atom is 0.343 e. The highest BCUT2D eigenvalue weighted by Crippen LogP contribution is 2.21. The topological polar surface area (TPSA) is 105 Å². The molecule has 0 heterocycles. The van der Waals surface area contributed by atoms with Crippen LogP contribution in [0.5, 0.6) is 5.75 Å². The lowest BCUT2D eigenvalue weighted by atomic mass is 10.2. The molecule has 0 aromatic heterocycles. The number of hydrazone groups is 1. The summed E-state index contributed by atoms with van der Waals surface area (Å²) in [5, 5.41) is 3.86. The Labute approximate surface area is 200 Å². The molecule has 3 aromatic rings. The average molecular weight is 530 g/mol. The van der Waals surface area contributed by atoms with Crippen molar-refractivity contribution < 1.29 is 22.7 Å². The van der Waals surface area contributed by atoms with Crippen molar-refractivity contribution in [3.63, 3.8) is 0 Å². The van der Waals surface area contributed by atoms with Gasteiger partial charge in [-0.3, -0.25) is 9.10 Å². The van der Waals surface area contributed by atoms with E-state index in [0.717, 1.165) is 10.6 Å². The number of esters is 1. The third kappa shape index (κ3) is 7.26. The van der Waals surface area contributed by atoms with Crippen molar-refractivity contribution in [1.29, 1.82) is 0 Å². The fourth-order valence-electron chi connectivity index (χ4n) is 2.74. The lowest BCUT2D eigenvalue weighted by molar-refractivity contribution is -0.119. The number of carbonyl (C=O) groups excluding carboxylic acids is 2. The Morgan fingerprint density at radius 1 is 1.03 bits per heavy atom. The van der Waals surface area contributed by atoms with Gasteiger partial charge in [0.15, 0.2) is 0 Å². The number of benzene rings is 3. The maximum absolute atomic E-state index is 12.3. The molecule has 3 rings (SSSR count). The van der Waals surface area contributed by atoms with E-state index >= 15 is 0 Å². The molecule has 0 aliphatic carbocycles. The molecule has 0 atom stereocenters. The van der Waals surface area contributed by atoms with Crippen LogP contribution in [0.1, 0.15) is 15.9 Å². The number of ether oxygens (including phenoxy) is 1. The molecule has 170 valence electrons. The minimum atomic E-state index is -3.68. The number of nitrogens with one attached hydrogen (secondary N) is 1. The van der Waals surface area contributed by atoms with Crippen LogP contribution in [0.3, 0.4) is 0 Å². The highest BCUT2D eigenvalue weighted by atomic mass is 79.9. The number of halogens is 1. The zero-order valence-corrected chi connectivity index (χ0v) is 19.9. The zero-order valence-electron chi connectivity index (χ0n) is 17.5. The van der Waals surface area contributed by atoms with E-state index in [1.807, 2.05) is 6.07 Å². The van der Waals surface area contributed by atoms with Crippen LogP contribution in [-0.2, 0) is 14.8 Å². The molecule has 10 heteroatoms. The molecule has 8 nitrogen and oxygen atoms in total. The molecule has 1 amide bonds. The van der Waals surface area contributed by atoms with E-state index in [9.17, 15) is 18.0 Å². The van der Waals surface area contributed by atoms with E-state index in [4.69, 9.17) is 4.74 Å². The highest BCUT2D eigenvalue weighted by Gasteiger charge is 2.20. The van der Waals surface area contributed by atoms with Crippen LogP contribution in [-0.4, -0.2) is 39.3 Å². The number of hydrogen-bond acceptors (Lipinski definition) is 6. The first kappa shape index (κ1) is 24.1. The number of nitrogens with zero attached hydrogens (tertiary/aromatic N) is 2. The van der Waals surface area contributed by atoms with Gasteiger partial charge < -0.3 is 4.74 Å². The fourth-order valence-corrected chi connectivity index (χ4v) is 3.97. The zero-order chi connectivity index (χ0) is 23.8. The third-order valence-electron chi connectivity index (χ3n) is 4.29. The van der Waals surface area contributed by atoms with Gasteiger partial charge in [-0.15, -0.1) is 0 Å². The molecule has 0 aliphatic rings. The SMILES string of the molecule is CS(=O)(=O)N(CC(=O)N/N=C/c1ccc(OC(=O)c2ccccc2)cc1)c1cccc(Br)c1. The van der Waals surface area contributed by atoms with Gasteiger partial charge in [-0.25, -0.2) is 18.6 Å². The summed E-state index contributed by atoms with van der Waals surface area (Å²) in [6.07, 6.45) is 2.42. The summed E-state index contributed by atoms with van der Waals surface area (Å²) in [6, 6.07) is 21.8. The second-order valence-electron chi connectivity index (χ2n) is 6.87. The molecule has 0 saturated carbocycles. The Morgan fingerprint density at radius 2 is 1.73 bits per heavy atom. The van der Waals surface area contributed by atoms with Crippen molar-refractivity contribution >= 4 is 49.7 Å². The second-order valence-corrected chi connectivity index (χ2v) is 9.69. The van der Waals surface area contributed by atoms with E-state index in [-0.39, 0.29) is 0 Å². The molecular weight excluding hydrogens is 510 g/mol. The smallest absolute Gasteiger partial charge is 0.343 e. The van der Waals surface area contributed by atoms with E-state index in [1.165, 1.54) is 6.21 Å². The quantitative estimate of drug-likeness (QED) is 0.208. The van der Waals surface area contributed by atoms with Crippen LogP contribution in [0.2, 0.25) is 0 Å². The monoisotopic (exact) mass is 529 g/mol. The van der Waals surface area contributed by atoms with Crippen LogP contribution in [0.4, 0.5) is 5.69 Å². The average Bonchev–Trinajstić information content (AvgIpc) is 2.78. The fraction of sp³-hybridized carbons (Fsp3) is 0.0870. The summed E-state index contributed by atoms with van der Waals surface area (Å²) in [6.45, 7) is -0.430. The van der Waals surface area contributed by atoms with Crippen LogP contribution in [0.15, 0.2) is 88.4 Å². The lowest BCUT2D eigenvalue weighted by Gasteiger charge is -2.21. The molecule has 0 aliphatic heterocycles. The van der Waals surface area contributed by atoms with Gasteiger partial charge >= 0.3 is 5.97 Å². The molecule has 0 spiro atoms. The summed E-state index contributed by atoms with van der Waals surface area (Å²) in [5.41, 5.74) is 3.75. The van der Waals surface area contributed by atoms with Crippen molar-refractivity contribution in [2.75, 3.05) is 17.1 Å². The van der Waals surface area contributed by atoms with Gasteiger partial charge in [-0.05, 0) is 60.2 Å². The normalized spacial score (nSPS) is 11.2. The minimum Gasteiger partial charge on any atom is -0.423 e. The molecule has 1 N–H and O–H groups in total. The lowest BCUT2D eigenvalue weighted by Crippen LogP contribution is -2.39. The van der Waals surface area contributed by atoms with Crippen LogP contribution >= 0.6 is 15.9 Å². The van der Waals surface area contributed by atoms with Crippen molar-refractivity contribution in [1.82, 2.24) is 5.43 Å². The number of hydrogen-bond donors (Lipinski definition) is 1. The first-order valence-corrected chi connectivity index (χ1v) is 12.3. The summed E-state index contributed by atoms with van der Waals surface area (Å²) < 4.78 is 31.2. The predicted octanol–water partition coefficient (Wildman–Crippen LogP) is 3.58. The molecule has 33 heavy (non-hydrogen) atoms. The molecule has 0 saturated heterocycles. The summed E-state index contributed by atoms with van der Waals surface area (Å²) in [4.78, 5) is 24.3. The van der Waals surface area contributed by atoms with Crippen LogP contribution in [0, 0.1) is 0 Å². The molecule has 3 aromatic carbocycles. The van der Waals surface area contributed by atoms with Crippen LogP contribution < -0.4 is 14.5 Å². The number of anilines is 1. The summed E-state index contributed by atoms with van der Waals surface area (Å²) >= 11 is 3.29. The Kier molecular flexibility index (Phi) is 7.96. The van der Waals surface area contributed by atoms with Gasteiger partial charge in [0.2, 0.25) is 10.0 Å². The number of rotatable bonds is 8. The van der Waals surface area contributed by atoms with Crippen molar-refractivity contribution in [3.05, 3.63) is 94.5 Å². The van der Waals surface area contributed by atoms with Gasteiger partial charge in [-0.1, -0.05) is 40.2 Å². The number of carbonyl (C=O) groups is 2. The van der Waals surface area contributed by atoms with E-state index in [0.29, 0.717) is 27.0 Å². The van der Waals surface area contributed by atoms with E-state index < -0.39 is 28.4 Å². The minimum absolute atomic E-state index is 0.353. The Balaban J connectivity index is 1.57. The number of amides is 1. The molecule has 0 unspecified atom stereocenters. The van der Waals surface area contributed by atoms with Crippen molar-refractivity contribution in [2.45, 2.75) is 0 Å². The van der Waals surface area contributed by atoms with Crippen LogP contribution in [0.25, 0.3) is 0 Å². The second kappa shape index (κ2) is 10.9. The van der Waals surface area contributed by atoms with Gasteiger partial charge in [0.05, 0.1) is 23.7 Å². The van der Waals surface area contributed by atoms with E-state index in [2.05, 4.69) is 26.5 Å². The first-order chi connectivity index (χ1) is 15.7. The predicted molar refractivity (Wildman–Crippen MR) is 130 cm³/mol. The Bertz CT molecular complexity index is 1260. The standard InChI is InChI=1S/C23H20BrN3O5S/c1-33(30,31)27(20-9-5-8-19(24)14-20)16-22(28)26-25-15-17-10-12-21(13-11-17)32-23(29)18-6-3-2-4-7-18/h2-15H,16H2,1H3,(H,26,28)/b25-15+. The molecular formula is C23H20BrN3O5S. The summed E-state index contributed by atoms with van der Waals surface area (Å²) in [5.74, 6) is -0.710. The van der Waals surface area contributed by atoms with Gasteiger partial charge in [0.1, 0.15) is 12.3 Å². The maximum atomic E-state index is 12.3.